The molecule has 0 amide bonds. The standard InChI is InChI=1S/C12H11N3OS/c1-8-7-17-11(14-8)6-13-12-15-9-4-2-3-5-10(9)16-12/h2-5,7H,6H2,1H3,(H,13,15). The Morgan fingerprint density at radius 3 is 2.94 bits per heavy atom. The summed E-state index contributed by atoms with van der Waals surface area (Å²) in [6.07, 6.45) is 0. The number of rotatable bonds is 3. The lowest BCUT2D eigenvalue weighted by Crippen LogP contribution is -1.98. The van der Waals surface area contributed by atoms with Gasteiger partial charge in [-0.1, -0.05) is 12.1 Å². The number of hydrogen-bond donors (Lipinski definition) is 1. The first-order valence-corrected chi connectivity index (χ1v) is 6.20. The molecule has 1 N–H and O–H groups in total. The minimum absolute atomic E-state index is 0.541. The van der Waals surface area contributed by atoms with Gasteiger partial charge in [-0.15, -0.1) is 11.3 Å². The number of anilines is 1. The van der Waals surface area contributed by atoms with Crippen LogP contribution < -0.4 is 5.32 Å². The van der Waals surface area contributed by atoms with Crippen LogP contribution in [0.2, 0.25) is 0 Å². The van der Waals surface area contributed by atoms with Gasteiger partial charge in [0, 0.05) is 11.1 Å². The van der Waals surface area contributed by atoms with Gasteiger partial charge in [0.15, 0.2) is 5.58 Å². The van der Waals surface area contributed by atoms with Gasteiger partial charge in [-0.05, 0) is 19.1 Å². The van der Waals surface area contributed by atoms with Crippen molar-refractivity contribution in [1.29, 1.82) is 0 Å². The van der Waals surface area contributed by atoms with Crippen molar-refractivity contribution < 1.29 is 4.42 Å². The molecule has 0 aliphatic carbocycles. The van der Waals surface area contributed by atoms with Gasteiger partial charge in [-0.2, -0.15) is 4.98 Å². The van der Waals surface area contributed by atoms with Crippen molar-refractivity contribution in [2.24, 2.45) is 0 Å². The topological polar surface area (TPSA) is 51.0 Å². The van der Waals surface area contributed by atoms with Crippen LogP contribution in [0.3, 0.4) is 0 Å². The maximum atomic E-state index is 5.55. The first-order chi connectivity index (χ1) is 8.31. The Morgan fingerprint density at radius 1 is 1.29 bits per heavy atom. The number of thiazole rings is 1. The highest BCUT2D eigenvalue weighted by atomic mass is 32.1. The fourth-order valence-electron chi connectivity index (χ4n) is 1.58. The maximum Gasteiger partial charge on any atom is 0.296 e. The van der Waals surface area contributed by atoms with Crippen LogP contribution in [-0.4, -0.2) is 9.97 Å². The van der Waals surface area contributed by atoms with E-state index in [4.69, 9.17) is 4.42 Å². The second kappa shape index (κ2) is 4.18. The summed E-state index contributed by atoms with van der Waals surface area (Å²) in [6.45, 7) is 2.63. The zero-order valence-electron chi connectivity index (χ0n) is 9.30. The highest BCUT2D eigenvalue weighted by molar-refractivity contribution is 7.09. The normalized spacial score (nSPS) is 10.9. The van der Waals surface area contributed by atoms with Crippen molar-refractivity contribution in [3.8, 4) is 0 Å². The third-order valence-corrected chi connectivity index (χ3v) is 3.32. The zero-order valence-corrected chi connectivity index (χ0v) is 10.1. The number of nitrogens with one attached hydrogen (secondary N) is 1. The molecule has 2 heterocycles. The Bertz CT molecular complexity index is 611. The van der Waals surface area contributed by atoms with Crippen molar-refractivity contribution in [3.05, 3.63) is 40.3 Å². The third kappa shape index (κ3) is 2.14. The molecule has 1 aromatic carbocycles. The molecule has 0 radical (unpaired) electrons. The number of hydrogen-bond acceptors (Lipinski definition) is 5. The van der Waals surface area contributed by atoms with Crippen LogP contribution in [0.15, 0.2) is 34.1 Å². The molecule has 0 aliphatic heterocycles. The van der Waals surface area contributed by atoms with Crippen molar-refractivity contribution in [3.63, 3.8) is 0 Å². The molecule has 0 atom stereocenters. The number of fused-ring (bicyclic) bond motifs is 1. The predicted molar refractivity (Wildman–Crippen MR) is 68.2 cm³/mol. The van der Waals surface area contributed by atoms with Crippen LogP contribution in [0.25, 0.3) is 11.1 Å². The minimum Gasteiger partial charge on any atom is -0.424 e. The molecular weight excluding hydrogens is 234 g/mol. The smallest absolute Gasteiger partial charge is 0.296 e. The van der Waals surface area contributed by atoms with E-state index in [9.17, 15) is 0 Å². The summed E-state index contributed by atoms with van der Waals surface area (Å²) < 4.78 is 5.55. The van der Waals surface area contributed by atoms with Gasteiger partial charge in [-0.25, -0.2) is 4.98 Å². The molecule has 3 rings (SSSR count). The lowest BCUT2D eigenvalue weighted by molar-refractivity contribution is 0.614. The van der Waals surface area contributed by atoms with Crippen molar-refractivity contribution in [1.82, 2.24) is 9.97 Å². The quantitative estimate of drug-likeness (QED) is 0.769. The van der Waals surface area contributed by atoms with Crippen LogP contribution in [0, 0.1) is 6.92 Å². The fourth-order valence-corrected chi connectivity index (χ4v) is 2.29. The third-order valence-electron chi connectivity index (χ3n) is 2.35. The lowest BCUT2D eigenvalue weighted by Gasteiger charge is -1.96. The highest BCUT2D eigenvalue weighted by Gasteiger charge is 2.05. The second-order valence-electron chi connectivity index (χ2n) is 3.72. The van der Waals surface area contributed by atoms with Crippen LogP contribution >= 0.6 is 11.3 Å². The van der Waals surface area contributed by atoms with Gasteiger partial charge in [0.05, 0.1) is 6.54 Å². The number of aromatic nitrogens is 2. The average molecular weight is 245 g/mol. The van der Waals surface area contributed by atoms with E-state index < -0.39 is 0 Å². The Labute approximate surface area is 102 Å². The number of para-hydroxylation sites is 2. The van der Waals surface area contributed by atoms with Gasteiger partial charge >= 0.3 is 0 Å². The summed E-state index contributed by atoms with van der Waals surface area (Å²) in [7, 11) is 0. The van der Waals surface area contributed by atoms with Crippen molar-refractivity contribution in [2.45, 2.75) is 13.5 Å². The van der Waals surface area contributed by atoms with Gasteiger partial charge in [0.1, 0.15) is 10.5 Å². The fraction of sp³-hybridized carbons (Fsp3) is 0.167. The van der Waals surface area contributed by atoms with Crippen LogP contribution in [0.5, 0.6) is 0 Å². The van der Waals surface area contributed by atoms with E-state index in [2.05, 4.69) is 15.3 Å². The Morgan fingerprint density at radius 2 is 2.18 bits per heavy atom. The Hall–Kier alpha value is -1.88. The molecular formula is C12H11N3OS. The summed E-state index contributed by atoms with van der Waals surface area (Å²) in [5, 5.41) is 6.20. The Kier molecular flexibility index (Phi) is 2.53. The average Bonchev–Trinajstić information content (AvgIpc) is 2.91. The van der Waals surface area contributed by atoms with E-state index in [1.165, 1.54) is 0 Å². The van der Waals surface area contributed by atoms with E-state index in [0.717, 1.165) is 21.8 Å². The first kappa shape index (κ1) is 10.3. The minimum atomic E-state index is 0.541. The van der Waals surface area contributed by atoms with Crippen LogP contribution in [-0.2, 0) is 6.54 Å². The SMILES string of the molecule is Cc1csc(CNc2nc3ccccc3o2)n1. The predicted octanol–water partition coefficient (Wildman–Crippen LogP) is 3.20. The van der Waals surface area contributed by atoms with Crippen LogP contribution in [0.4, 0.5) is 6.01 Å². The summed E-state index contributed by atoms with van der Waals surface area (Å²) in [5.41, 5.74) is 2.71. The molecule has 4 nitrogen and oxygen atoms in total. The lowest BCUT2D eigenvalue weighted by atomic mass is 10.3. The molecule has 2 aromatic heterocycles. The molecule has 0 bridgehead atoms. The van der Waals surface area contributed by atoms with Gasteiger partial charge < -0.3 is 9.73 Å². The van der Waals surface area contributed by atoms with Gasteiger partial charge in [0.2, 0.25) is 0 Å². The maximum absolute atomic E-state index is 5.55. The molecule has 0 unspecified atom stereocenters. The number of aryl methyl sites for hydroxylation is 1. The molecule has 0 spiro atoms. The largest absolute Gasteiger partial charge is 0.424 e. The molecule has 0 fully saturated rings. The van der Waals surface area contributed by atoms with E-state index in [-0.39, 0.29) is 0 Å². The summed E-state index contributed by atoms with van der Waals surface area (Å²) in [4.78, 5) is 8.70. The van der Waals surface area contributed by atoms with E-state index in [1.54, 1.807) is 11.3 Å². The summed E-state index contributed by atoms with van der Waals surface area (Å²) in [5.74, 6) is 0. The van der Waals surface area contributed by atoms with Crippen molar-refractivity contribution >= 4 is 28.5 Å². The van der Waals surface area contributed by atoms with Gasteiger partial charge in [0.25, 0.3) is 6.01 Å². The number of nitrogens with zero attached hydrogens (tertiary/aromatic N) is 2. The van der Waals surface area contributed by atoms with E-state index in [1.807, 2.05) is 36.6 Å². The second-order valence-corrected chi connectivity index (χ2v) is 4.67. The summed E-state index contributed by atoms with van der Waals surface area (Å²) in [6, 6.07) is 8.25. The molecule has 0 saturated carbocycles. The molecule has 3 aromatic rings. The molecule has 5 heteroatoms. The summed E-state index contributed by atoms with van der Waals surface area (Å²) >= 11 is 1.63. The van der Waals surface area contributed by atoms with E-state index in [0.29, 0.717) is 12.6 Å². The number of oxazole rings is 1. The van der Waals surface area contributed by atoms with Crippen LogP contribution in [0.1, 0.15) is 10.7 Å². The highest BCUT2D eigenvalue weighted by Crippen LogP contribution is 2.19. The monoisotopic (exact) mass is 245 g/mol. The Balaban J connectivity index is 1.76. The van der Waals surface area contributed by atoms with Crippen molar-refractivity contribution in [2.75, 3.05) is 5.32 Å². The number of benzene rings is 1. The molecule has 86 valence electrons. The molecule has 0 aliphatic rings. The van der Waals surface area contributed by atoms with Gasteiger partial charge in [-0.3, -0.25) is 0 Å². The first-order valence-electron chi connectivity index (χ1n) is 5.32. The molecule has 17 heavy (non-hydrogen) atoms. The molecule has 0 saturated heterocycles. The van der Waals surface area contributed by atoms with E-state index >= 15 is 0 Å². The zero-order chi connectivity index (χ0) is 11.7.